The van der Waals surface area contributed by atoms with Crippen LogP contribution in [0.2, 0.25) is 0 Å². The molecule has 1 saturated heterocycles. The topological polar surface area (TPSA) is 55.8 Å². The molecule has 1 aliphatic rings. The normalized spacial score (nSPS) is 15.4. The molecule has 150 valence electrons. The minimum atomic E-state index is 0.0639. The molecule has 5 heteroatoms. The second-order valence-corrected chi connectivity index (χ2v) is 7.60. The summed E-state index contributed by atoms with van der Waals surface area (Å²) in [5.41, 5.74) is 2.10. The molecule has 3 aromatic rings. The number of phenols is 1. The Hall–Kier alpha value is -2.89. The molecule has 0 aromatic heterocycles. The van der Waals surface area contributed by atoms with Crippen LogP contribution in [0.25, 0.3) is 10.8 Å². The Morgan fingerprint density at radius 1 is 0.862 bits per heavy atom. The lowest BCUT2D eigenvalue weighted by Gasteiger charge is -2.34. The van der Waals surface area contributed by atoms with Crippen molar-refractivity contribution in [1.82, 2.24) is 15.1 Å². The Morgan fingerprint density at radius 3 is 2.34 bits per heavy atom. The molecule has 0 radical (unpaired) electrons. The average Bonchev–Trinajstić information content (AvgIpc) is 2.76. The predicted octanol–water partition coefficient (Wildman–Crippen LogP) is 2.98. The van der Waals surface area contributed by atoms with Crippen molar-refractivity contribution < 1.29 is 9.90 Å². The fourth-order valence-electron chi connectivity index (χ4n) is 3.88. The summed E-state index contributed by atoms with van der Waals surface area (Å²) in [4.78, 5) is 16.8. The van der Waals surface area contributed by atoms with Crippen molar-refractivity contribution in [3.05, 3.63) is 77.9 Å². The van der Waals surface area contributed by atoms with Gasteiger partial charge in [-0.05, 0) is 22.4 Å². The van der Waals surface area contributed by atoms with Crippen molar-refractivity contribution in [2.75, 3.05) is 32.7 Å². The smallest absolute Gasteiger partial charge is 0.234 e. The van der Waals surface area contributed by atoms with Gasteiger partial charge in [0.25, 0.3) is 0 Å². The Balaban J connectivity index is 1.28. The van der Waals surface area contributed by atoms with Crippen LogP contribution in [0.5, 0.6) is 5.75 Å². The number of benzene rings is 3. The maximum atomic E-state index is 12.2. The number of aromatic hydroxyl groups is 1. The van der Waals surface area contributed by atoms with Crippen LogP contribution in [0.1, 0.15) is 11.1 Å². The van der Waals surface area contributed by atoms with Crippen molar-refractivity contribution in [1.29, 1.82) is 0 Å². The summed E-state index contributed by atoms with van der Waals surface area (Å²) < 4.78 is 0. The summed E-state index contributed by atoms with van der Waals surface area (Å²) in [7, 11) is 0. The second-order valence-electron chi connectivity index (χ2n) is 7.60. The maximum absolute atomic E-state index is 12.2. The monoisotopic (exact) mass is 389 g/mol. The van der Waals surface area contributed by atoms with E-state index in [1.54, 1.807) is 6.07 Å². The molecule has 3 aromatic carbocycles. The van der Waals surface area contributed by atoms with Gasteiger partial charge in [0, 0.05) is 44.8 Å². The first-order valence-electron chi connectivity index (χ1n) is 10.1. The van der Waals surface area contributed by atoms with Gasteiger partial charge < -0.3 is 10.4 Å². The molecule has 0 aliphatic carbocycles. The summed E-state index contributed by atoms with van der Waals surface area (Å²) in [6, 6.07) is 21.9. The zero-order valence-corrected chi connectivity index (χ0v) is 16.6. The molecular weight excluding hydrogens is 362 g/mol. The van der Waals surface area contributed by atoms with Crippen LogP contribution in [-0.2, 0) is 17.9 Å². The van der Waals surface area contributed by atoms with Crippen LogP contribution < -0.4 is 5.32 Å². The molecule has 0 bridgehead atoms. The molecule has 29 heavy (non-hydrogen) atoms. The number of carbonyl (C=O) groups is 1. The molecule has 1 aliphatic heterocycles. The van der Waals surface area contributed by atoms with E-state index >= 15 is 0 Å². The van der Waals surface area contributed by atoms with Gasteiger partial charge >= 0.3 is 0 Å². The van der Waals surface area contributed by atoms with E-state index in [9.17, 15) is 9.90 Å². The van der Waals surface area contributed by atoms with Gasteiger partial charge in [0.1, 0.15) is 5.75 Å². The van der Waals surface area contributed by atoms with Crippen LogP contribution in [0.15, 0.2) is 66.7 Å². The summed E-state index contributed by atoms with van der Waals surface area (Å²) in [6.07, 6.45) is 0. The SMILES string of the molecule is O=C(CN1CCN(Cc2c(O)ccc3ccccc23)CC1)NCc1ccccc1. The van der Waals surface area contributed by atoms with Crippen molar-refractivity contribution in [2.24, 2.45) is 0 Å². The van der Waals surface area contributed by atoms with Gasteiger partial charge in [-0.25, -0.2) is 0 Å². The third-order valence-electron chi connectivity index (χ3n) is 5.56. The minimum Gasteiger partial charge on any atom is -0.508 e. The Labute approximate surface area is 171 Å². The number of amides is 1. The number of rotatable bonds is 6. The predicted molar refractivity (Wildman–Crippen MR) is 116 cm³/mol. The molecule has 0 atom stereocenters. The number of nitrogens with zero attached hydrogens (tertiary/aromatic N) is 2. The molecular formula is C24H27N3O2. The van der Waals surface area contributed by atoms with E-state index < -0.39 is 0 Å². The molecule has 0 spiro atoms. The van der Waals surface area contributed by atoms with Crippen LogP contribution in [0.4, 0.5) is 0 Å². The van der Waals surface area contributed by atoms with Gasteiger partial charge in [-0.1, -0.05) is 60.7 Å². The van der Waals surface area contributed by atoms with Gasteiger partial charge in [0.2, 0.25) is 5.91 Å². The van der Waals surface area contributed by atoms with Gasteiger partial charge in [-0.3, -0.25) is 14.6 Å². The van der Waals surface area contributed by atoms with Crippen LogP contribution in [0.3, 0.4) is 0 Å². The fourth-order valence-corrected chi connectivity index (χ4v) is 3.88. The average molecular weight is 389 g/mol. The summed E-state index contributed by atoms with van der Waals surface area (Å²) in [5.74, 6) is 0.417. The van der Waals surface area contributed by atoms with E-state index in [2.05, 4.69) is 27.2 Å². The number of nitrogens with one attached hydrogen (secondary N) is 1. The third-order valence-corrected chi connectivity index (χ3v) is 5.56. The van der Waals surface area contributed by atoms with Gasteiger partial charge in [0.15, 0.2) is 0 Å². The quantitative estimate of drug-likeness (QED) is 0.681. The molecule has 2 N–H and O–H groups in total. The molecule has 4 rings (SSSR count). The molecule has 1 fully saturated rings. The number of hydrogen-bond donors (Lipinski definition) is 2. The molecule has 5 nitrogen and oxygen atoms in total. The zero-order chi connectivity index (χ0) is 20.1. The minimum absolute atomic E-state index is 0.0639. The Bertz CT molecular complexity index is 966. The lowest BCUT2D eigenvalue weighted by atomic mass is 10.0. The largest absolute Gasteiger partial charge is 0.508 e. The van der Waals surface area contributed by atoms with Crippen LogP contribution in [-0.4, -0.2) is 53.5 Å². The first-order chi connectivity index (χ1) is 14.2. The van der Waals surface area contributed by atoms with Crippen LogP contribution in [0, 0.1) is 0 Å². The van der Waals surface area contributed by atoms with E-state index in [0.29, 0.717) is 18.8 Å². The number of phenolic OH excluding ortho intramolecular Hbond substituents is 1. The summed E-state index contributed by atoms with van der Waals surface area (Å²) >= 11 is 0. The van der Waals surface area contributed by atoms with Gasteiger partial charge in [-0.15, -0.1) is 0 Å². The number of carbonyl (C=O) groups excluding carboxylic acids is 1. The first kappa shape index (κ1) is 19.4. The van der Waals surface area contributed by atoms with E-state index in [-0.39, 0.29) is 5.91 Å². The van der Waals surface area contributed by atoms with Crippen molar-refractivity contribution in [3.63, 3.8) is 0 Å². The second kappa shape index (κ2) is 9.07. The number of piperazine rings is 1. The zero-order valence-electron chi connectivity index (χ0n) is 16.6. The highest BCUT2D eigenvalue weighted by Gasteiger charge is 2.20. The lowest BCUT2D eigenvalue weighted by Crippen LogP contribution is -2.49. The van der Waals surface area contributed by atoms with E-state index in [4.69, 9.17) is 0 Å². The van der Waals surface area contributed by atoms with Crippen LogP contribution >= 0.6 is 0 Å². The van der Waals surface area contributed by atoms with E-state index in [1.165, 1.54) is 0 Å². The number of fused-ring (bicyclic) bond motifs is 1. The molecule has 0 unspecified atom stereocenters. The van der Waals surface area contributed by atoms with Gasteiger partial charge in [0.05, 0.1) is 6.54 Å². The Morgan fingerprint density at radius 2 is 1.55 bits per heavy atom. The van der Waals surface area contributed by atoms with E-state index in [1.807, 2.05) is 48.5 Å². The summed E-state index contributed by atoms with van der Waals surface area (Å²) in [6.45, 7) is 5.19. The highest BCUT2D eigenvalue weighted by Crippen LogP contribution is 2.28. The fraction of sp³-hybridized carbons (Fsp3) is 0.292. The highest BCUT2D eigenvalue weighted by molar-refractivity contribution is 5.87. The highest BCUT2D eigenvalue weighted by atomic mass is 16.3. The standard InChI is InChI=1S/C24H27N3O2/c28-23-11-10-20-8-4-5-9-21(20)22(23)17-26-12-14-27(15-13-26)18-24(29)25-16-19-6-2-1-3-7-19/h1-11,28H,12-18H2,(H,25,29). The number of hydrogen-bond acceptors (Lipinski definition) is 4. The van der Waals surface area contributed by atoms with Crippen molar-refractivity contribution in [2.45, 2.75) is 13.1 Å². The van der Waals surface area contributed by atoms with Crippen molar-refractivity contribution in [3.8, 4) is 5.75 Å². The lowest BCUT2D eigenvalue weighted by molar-refractivity contribution is -0.122. The van der Waals surface area contributed by atoms with Gasteiger partial charge in [-0.2, -0.15) is 0 Å². The third kappa shape index (κ3) is 4.94. The summed E-state index contributed by atoms with van der Waals surface area (Å²) in [5, 5.41) is 15.6. The first-order valence-corrected chi connectivity index (χ1v) is 10.1. The molecule has 1 amide bonds. The molecule has 0 saturated carbocycles. The van der Waals surface area contributed by atoms with E-state index in [0.717, 1.165) is 54.6 Å². The maximum Gasteiger partial charge on any atom is 0.234 e. The Kier molecular flexibility index (Phi) is 6.08. The van der Waals surface area contributed by atoms with Crippen molar-refractivity contribution >= 4 is 16.7 Å². The molecule has 1 heterocycles.